The number of halogens is 3. The zero-order chi connectivity index (χ0) is 21.3. The van der Waals surface area contributed by atoms with E-state index >= 15 is 0 Å². The molecule has 1 aliphatic rings. The van der Waals surface area contributed by atoms with Gasteiger partial charge < -0.3 is 9.64 Å². The molecule has 0 saturated carbocycles. The normalized spacial score (nSPS) is 14.4. The van der Waals surface area contributed by atoms with Gasteiger partial charge in [-0.1, -0.05) is 29.5 Å². The molecule has 0 N–H and O–H groups in total. The van der Waals surface area contributed by atoms with Crippen LogP contribution in [0.4, 0.5) is 18.9 Å². The van der Waals surface area contributed by atoms with Gasteiger partial charge in [0.05, 0.1) is 16.7 Å². The minimum atomic E-state index is -4.42. The van der Waals surface area contributed by atoms with Gasteiger partial charge in [-0.15, -0.1) is 0 Å². The number of anilines is 1. The van der Waals surface area contributed by atoms with E-state index < -0.39 is 11.7 Å². The predicted octanol–water partition coefficient (Wildman–Crippen LogP) is 3.21. The highest BCUT2D eigenvalue weighted by atomic mass is 32.1. The van der Waals surface area contributed by atoms with E-state index in [1.165, 1.54) is 22.0 Å². The minimum absolute atomic E-state index is 0.145. The van der Waals surface area contributed by atoms with Crippen molar-refractivity contribution >= 4 is 23.1 Å². The van der Waals surface area contributed by atoms with Crippen LogP contribution in [0.5, 0.6) is 5.75 Å². The Labute approximate surface area is 174 Å². The molecule has 2 aromatic carbocycles. The van der Waals surface area contributed by atoms with Gasteiger partial charge in [0.25, 0.3) is 5.56 Å². The van der Waals surface area contributed by atoms with Crippen molar-refractivity contribution in [1.29, 1.82) is 0 Å². The largest absolute Gasteiger partial charge is 0.494 e. The maximum absolute atomic E-state index is 13.0. The molecular weight excluding hydrogens is 415 g/mol. The number of hydrogen-bond donors (Lipinski definition) is 0. The second kappa shape index (κ2) is 7.98. The summed E-state index contributed by atoms with van der Waals surface area (Å²) in [6.07, 6.45) is -2.65. The van der Waals surface area contributed by atoms with Crippen molar-refractivity contribution in [3.63, 3.8) is 0 Å². The van der Waals surface area contributed by atoms with E-state index in [2.05, 4.69) is 4.99 Å². The standard InChI is InChI=1S/C21H18F3N3O2S/c1-2-29-17-8-6-14(7-9-17)10-18-19(28)27-13-26(12-25-20(27)30-18)16-5-3-4-15(11-16)21(22,23)24/h3-11H,2,12-13H2,1H3. The topological polar surface area (TPSA) is 46.8 Å². The van der Waals surface area contributed by atoms with E-state index in [0.29, 0.717) is 21.6 Å². The fourth-order valence-corrected chi connectivity index (χ4v) is 4.09. The van der Waals surface area contributed by atoms with Gasteiger partial charge >= 0.3 is 6.18 Å². The second-order valence-electron chi connectivity index (χ2n) is 6.66. The van der Waals surface area contributed by atoms with Crippen LogP contribution < -0.4 is 24.5 Å². The monoisotopic (exact) mass is 433 g/mol. The summed E-state index contributed by atoms with van der Waals surface area (Å²) in [6, 6.07) is 12.4. The fraction of sp³-hybridized carbons (Fsp3) is 0.238. The van der Waals surface area contributed by atoms with Crippen LogP contribution in [0.1, 0.15) is 18.1 Å². The molecule has 0 saturated heterocycles. The van der Waals surface area contributed by atoms with Crippen LogP contribution in [0.3, 0.4) is 0 Å². The molecule has 2 heterocycles. The van der Waals surface area contributed by atoms with Gasteiger partial charge in [0.15, 0.2) is 4.80 Å². The van der Waals surface area contributed by atoms with Gasteiger partial charge in [-0.3, -0.25) is 9.36 Å². The Kier molecular flexibility index (Phi) is 5.38. The number of nitrogens with zero attached hydrogens (tertiary/aromatic N) is 3. The zero-order valence-electron chi connectivity index (χ0n) is 16.0. The molecule has 30 heavy (non-hydrogen) atoms. The first-order valence-corrected chi connectivity index (χ1v) is 10.1. The molecular formula is C21H18F3N3O2S. The lowest BCUT2D eigenvalue weighted by molar-refractivity contribution is -0.137. The van der Waals surface area contributed by atoms with Gasteiger partial charge in [0.1, 0.15) is 19.1 Å². The third-order valence-electron chi connectivity index (χ3n) is 4.60. The van der Waals surface area contributed by atoms with Gasteiger partial charge in [-0.25, -0.2) is 4.99 Å². The number of ether oxygens (including phenoxy) is 1. The summed E-state index contributed by atoms with van der Waals surface area (Å²) in [7, 11) is 0. The van der Waals surface area contributed by atoms with Crippen molar-refractivity contribution in [2.45, 2.75) is 19.8 Å². The second-order valence-corrected chi connectivity index (χ2v) is 7.67. The highest BCUT2D eigenvalue weighted by Crippen LogP contribution is 2.31. The summed E-state index contributed by atoms with van der Waals surface area (Å²) < 4.78 is 46.4. The smallest absolute Gasteiger partial charge is 0.416 e. The third-order valence-corrected chi connectivity index (χ3v) is 5.65. The number of alkyl halides is 3. The molecule has 1 aliphatic heterocycles. The molecule has 0 aliphatic carbocycles. The summed E-state index contributed by atoms with van der Waals surface area (Å²) in [4.78, 5) is 19.4. The summed E-state index contributed by atoms with van der Waals surface area (Å²) in [5.74, 6) is 0.753. The molecule has 0 unspecified atom stereocenters. The van der Waals surface area contributed by atoms with E-state index in [4.69, 9.17) is 4.74 Å². The summed E-state index contributed by atoms with van der Waals surface area (Å²) in [6.45, 7) is 2.81. The molecule has 0 atom stereocenters. The van der Waals surface area contributed by atoms with Crippen LogP contribution >= 0.6 is 11.3 Å². The van der Waals surface area contributed by atoms with E-state index in [1.54, 1.807) is 17.0 Å². The molecule has 9 heteroatoms. The number of hydrogen-bond acceptors (Lipinski definition) is 5. The van der Waals surface area contributed by atoms with Gasteiger partial charge in [0.2, 0.25) is 0 Å². The number of aromatic nitrogens is 1. The molecule has 0 fully saturated rings. The highest BCUT2D eigenvalue weighted by molar-refractivity contribution is 7.07. The first kappa shape index (κ1) is 20.2. The van der Waals surface area contributed by atoms with Crippen molar-refractivity contribution in [2.75, 3.05) is 18.2 Å². The van der Waals surface area contributed by atoms with Crippen LogP contribution in [0, 0.1) is 0 Å². The van der Waals surface area contributed by atoms with Crippen molar-refractivity contribution in [3.05, 3.63) is 79.3 Å². The summed E-state index contributed by atoms with van der Waals surface area (Å²) in [5, 5.41) is 0. The maximum Gasteiger partial charge on any atom is 0.416 e. The molecule has 0 radical (unpaired) electrons. The van der Waals surface area contributed by atoms with E-state index in [9.17, 15) is 18.0 Å². The van der Waals surface area contributed by atoms with Crippen molar-refractivity contribution in [3.8, 4) is 5.75 Å². The van der Waals surface area contributed by atoms with Gasteiger partial charge in [-0.2, -0.15) is 13.2 Å². The van der Waals surface area contributed by atoms with Gasteiger partial charge in [-0.05, 0) is 48.9 Å². The fourth-order valence-electron chi connectivity index (χ4n) is 3.13. The van der Waals surface area contributed by atoms with Crippen molar-refractivity contribution < 1.29 is 17.9 Å². The van der Waals surface area contributed by atoms with Crippen molar-refractivity contribution in [2.24, 2.45) is 4.99 Å². The highest BCUT2D eigenvalue weighted by Gasteiger charge is 2.31. The Morgan fingerprint density at radius 2 is 1.97 bits per heavy atom. The Balaban J connectivity index is 1.63. The van der Waals surface area contributed by atoms with Gasteiger partial charge in [0, 0.05) is 5.69 Å². The lowest BCUT2D eigenvalue weighted by atomic mass is 10.2. The Morgan fingerprint density at radius 1 is 1.20 bits per heavy atom. The molecule has 4 rings (SSSR count). The average molecular weight is 433 g/mol. The average Bonchev–Trinajstić information content (AvgIpc) is 3.04. The van der Waals surface area contributed by atoms with E-state index in [-0.39, 0.29) is 18.9 Å². The Morgan fingerprint density at radius 3 is 2.67 bits per heavy atom. The summed E-state index contributed by atoms with van der Waals surface area (Å²) >= 11 is 1.27. The predicted molar refractivity (Wildman–Crippen MR) is 109 cm³/mol. The third kappa shape index (κ3) is 4.11. The molecule has 1 aromatic heterocycles. The van der Waals surface area contributed by atoms with E-state index in [1.807, 2.05) is 31.2 Å². The molecule has 0 amide bonds. The molecule has 0 spiro atoms. The lowest BCUT2D eigenvalue weighted by Gasteiger charge is -2.26. The Hall–Kier alpha value is -3.07. The number of benzene rings is 2. The Bertz CT molecular complexity index is 1230. The van der Waals surface area contributed by atoms with Crippen LogP contribution in [0.15, 0.2) is 58.3 Å². The molecule has 5 nitrogen and oxygen atoms in total. The van der Waals surface area contributed by atoms with E-state index in [0.717, 1.165) is 23.4 Å². The maximum atomic E-state index is 13.0. The molecule has 0 bridgehead atoms. The van der Waals surface area contributed by atoms with Crippen LogP contribution in [-0.2, 0) is 12.8 Å². The first-order valence-electron chi connectivity index (χ1n) is 9.26. The first-order chi connectivity index (χ1) is 14.3. The quantitative estimate of drug-likeness (QED) is 0.635. The van der Waals surface area contributed by atoms with Crippen LogP contribution in [0.2, 0.25) is 0 Å². The number of fused-ring (bicyclic) bond motifs is 1. The SMILES string of the molecule is CCOc1ccc(C=c2sc3n(c2=O)CN(c2cccc(C(F)(F)F)c2)CN=3)cc1. The van der Waals surface area contributed by atoms with Crippen molar-refractivity contribution in [1.82, 2.24) is 4.57 Å². The number of thiazole rings is 1. The number of rotatable bonds is 4. The lowest BCUT2D eigenvalue weighted by Crippen LogP contribution is -2.42. The zero-order valence-corrected chi connectivity index (χ0v) is 16.8. The summed E-state index contributed by atoms with van der Waals surface area (Å²) in [5.41, 5.74) is 0.274. The van der Waals surface area contributed by atoms with Crippen LogP contribution in [-0.4, -0.2) is 17.8 Å². The minimum Gasteiger partial charge on any atom is -0.494 e. The molecule has 156 valence electrons. The molecule has 3 aromatic rings. The van der Waals surface area contributed by atoms with Crippen LogP contribution in [0.25, 0.3) is 6.08 Å².